The summed E-state index contributed by atoms with van der Waals surface area (Å²) < 4.78 is 20.9. The molecule has 1 saturated heterocycles. The number of rotatable bonds is 12. The molecule has 1 aromatic rings. The summed E-state index contributed by atoms with van der Waals surface area (Å²) in [5.41, 5.74) is -0.950. The molecule has 0 spiro atoms. The van der Waals surface area contributed by atoms with Gasteiger partial charge in [-0.15, -0.1) is 11.3 Å². The van der Waals surface area contributed by atoms with E-state index in [0.717, 1.165) is 6.42 Å². The van der Waals surface area contributed by atoms with Crippen molar-refractivity contribution in [3.63, 3.8) is 0 Å². The second-order valence-corrected chi connectivity index (χ2v) is 10.9. The fraction of sp³-hybridized carbons (Fsp3) is 0.769. The van der Waals surface area contributed by atoms with Crippen LogP contribution in [0.4, 0.5) is 0 Å². The monoisotopic (exact) mass is 526 g/mol. The summed E-state index contributed by atoms with van der Waals surface area (Å²) in [6, 6.07) is -1.17. The van der Waals surface area contributed by atoms with Gasteiger partial charge in [0.15, 0.2) is 5.69 Å². The van der Waals surface area contributed by atoms with E-state index in [2.05, 4.69) is 10.3 Å². The maximum absolute atomic E-state index is 13.8. The van der Waals surface area contributed by atoms with E-state index in [4.69, 9.17) is 7.48 Å². The molecule has 2 heterocycles. The molecule has 1 aliphatic heterocycles. The van der Waals surface area contributed by atoms with Gasteiger partial charge in [0, 0.05) is 27.6 Å². The van der Waals surface area contributed by atoms with E-state index in [1.54, 1.807) is 29.2 Å². The highest BCUT2D eigenvalue weighted by Gasteiger charge is 2.43. The Morgan fingerprint density at radius 2 is 2.08 bits per heavy atom. The highest BCUT2D eigenvalue weighted by Crippen LogP contribution is 2.30. The van der Waals surface area contributed by atoms with Crippen LogP contribution in [0.5, 0.6) is 0 Å². The predicted octanol–water partition coefficient (Wildman–Crippen LogP) is 3.24. The lowest BCUT2D eigenvalue weighted by molar-refractivity contribution is -0.142. The molecule has 9 nitrogen and oxygen atoms in total. The van der Waals surface area contributed by atoms with E-state index in [-0.39, 0.29) is 62.3 Å². The van der Waals surface area contributed by atoms with Crippen molar-refractivity contribution in [2.45, 2.75) is 90.9 Å². The van der Waals surface area contributed by atoms with Crippen LogP contribution >= 0.6 is 11.3 Å². The molecule has 1 fully saturated rings. The summed E-state index contributed by atoms with van der Waals surface area (Å²) in [5.74, 6) is -1.35. The van der Waals surface area contributed by atoms with Crippen molar-refractivity contribution >= 4 is 29.1 Å². The average Bonchev–Trinajstić information content (AvgIpc) is 3.57. The number of aliphatic hydroxyl groups excluding tert-OH is 1. The van der Waals surface area contributed by atoms with Gasteiger partial charge in [0.1, 0.15) is 17.2 Å². The van der Waals surface area contributed by atoms with Gasteiger partial charge in [0.25, 0.3) is 0 Å². The topological polar surface area (TPSA) is 112 Å². The Labute approximate surface area is 222 Å². The molecule has 0 bridgehead atoms. The molecular formula is C26H44N4O5S. The SMILES string of the molecule is [2H]CN1CCC[C@@]1(C[2H])C(=O)N[C@H](C(=O)N(C)[C@H](C[C@@H](O)c1nc(C(=O)OCC)cs1)C(C)C)[C@@H](C)CC. The minimum absolute atomic E-state index is 0.00963. The molecule has 204 valence electrons. The first-order chi connectivity index (χ1) is 18.0. The summed E-state index contributed by atoms with van der Waals surface area (Å²) in [5, 5.41) is 15.8. The Morgan fingerprint density at radius 3 is 2.67 bits per heavy atom. The van der Waals surface area contributed by atoms with E-state index in [0.29, 0.717) is 24.4 Å². The number of hydrogen-bond donors (Lipinski definition) is 2. The minimum atomic E-state index is -1.10. The number of esters is 1. The molecule has 5 atom stereocenters. The number of aromatic nitrogens is 1. The molecule has 2 N–H and O–H groups in total. The van der Waals surface area contributed by atoms with Crippen molar-refractivity contribution in [2.24, 2.45) is 11.8 Å². The Hall–Kier alpha value is -2.04. The van der Waals surface area contributed by atoms with Crippen molar-refractivity contribution in [1.82, 2.24) is 20.1 Å². The molecule has 2 rings (SSSR count). The number of thiazole rings is 1. The highest BCUT2D eigenvalue weighted by atomic mass is 32.1. The Kier molecular flexibility index (Phi) is 9.73. The summed E-state index contributed by atoms with van der Waals surface area (Å²) in [6.45, 7) is 10.1. The number of carbonyl (C=O) groups is 3. The molecule has 0 aromatic carbocycles. The normalized spacial score (nSPS) is 22.3. The third kappa shape index (κ3) is 6.83. The van der Waals surface area contributed by atoms with Gasteiger partial charge in [-0.25, -0.2) is 9.78 Å². The van der Waals surface area contributed by atoms with Gasteiger partial charge in [0.2, 0.25) is 11.8 Å². The van der Waals surface area contributed by atoms with E-state index in [1.807, 2.05) is 27.7 Å². The number of aliphatic hydroxyl groups is 1. The van der Waals surface area contributed by atoms with Gasteiger partial charge in [-0.3, -0.25) is 14.5 Å². The standard InChI is InChI=1S/C26H44N4O5S/c1-9-17(5)21(28-25(34)26(6)12-11-13-29(26)7)23(32)30(8)19(16(3)4)14-20(31)22-27-18(15-36-22)24(33)35-10-2/h15-17,19-21,31H,9-14H2,1-8H3,(H,28,34)/t17-,19+,20+,21-,26-/m0/s1/i6D,7D. The van der Waals surface area contributed by atoms with Crippen molar-refractivity contribution in [2.75, 3.05) is 27.2 Å². The molecule has 2 amide bonds. The highest BCUT2D eigenvalue weighted by molar-refractivity contribution is 7.09. The van der Waals surface area contributed by atoms with Crippen molar-refractivity contribution in [3.8, 4) is 0 Å². The Bertz CT molecular complexity index is 948. The molecule has 0 saturated carbocycles. The van der Waals surface area contributed by atoms with Crippen molar-refractivity contribution < 1.29 is 27.0 Å². The van der Waals surface area contributed by atoms with Crippen LogP contribution in [0.25, 0.3) is 0 Å². The van der Waals surface area contributed by atoms with Gasteiger partial charge >= 0.3 is 5.97 Å². The Balaban J connectivity index is 2.22. The molecule has 1 aromatic heterocycles. The average molecular weight is 527 g/mol. The van der Waals surface area contributed by atoms with E-state index in [9.17, 15) is 19.5 Å². The zero-order valence-electron chi connectivity index (χ0n) is 24.5. The van der Waals surface area contributed by atoms with Crippen molar-refractivity contribution in [3.05, 3.63) is 16.1 Å². The van der Waals surface area contributed by atoms with Gasteiger partial charge in [-0.1, -0.05) is 34.1 Å². The number of hydrogen-bond acceptors (Lipinski definition) is 8. The molecular weight excluding hydrogens is 480 g/mol. The van der Waals surface area contributed by atoms with E-state index < -0.39 is 23.7 Å². The predicted molar refractivity (Wildman–Crippen MR) is 141 cm³/mol. The number of ether oxygens (including phenoxy) is 1. The second kappa shape index (κ2) is 13.0. The first-order valence-corrected chi connectivity index (χ1v) is 13.6. The van der Waals surface area contributed by atoms with Crippen LogP contribution in [0, 0.1) is 11.8 Å². The summed E-state index contributed by atoms with van der Waals surface area (Å²) in [7, 11) is 1.61. The van der Waals surface area contributed by atoms with Crippen LogP contribution in [0.2, 0.25) is 0 Å². The first kappa shape index (κ1) is 27.0. The van der Waals surface area contributed by atoms with Crippen LogP contribution in [0.3, 0.4) is 0 Å². The number of amides is 2. The third-order valence-corrected chi connectivity index (χ3v) is 8.13. The van der Waals surface area contributed by atoms with Crippen LogP contribution in [0.15, 0.2) is 5.38 Å². The Morgan fingerprint density at radius 1 is 1.36 bits per heavy atom. The third-order valence-electron chi connectivity index (χ3n) is 7.18. The van der Waals surface area contributed by atoms with Crippen LogP contribution in [0.1, 0.15) is 91.5 Å². The minimum Gasteiger partial charge on any atom is -0.461 e. The summed E-state index contributed by atoms with van der Waals surface area (Å²) in [6.07, 6.45) is 1.10. The molecule has 0 radical (unpaired) electrons. The fourth-order valence-electron chi connectivity index (χ4n) is 4.48. The maximum Gasteiger partial charge on any atom is 0.357 e. The number of nitrogens with one attached hydrogen (secondary N) is 1. The second-order valence-electron chi connectivity index (χ2n) is 10.0. The molecule has 0 aliphatic carbocycles. The van der Waals surface area contributed by atoms with Crippen LogP contribution in [-0.2, 0) is 14.3 Å². The number of likely N-dealkylation sites (N-methyl/N-ethyl adjacent to an activating group) is 2. The van der Waals surface area contributed by atoms with Gasteiger partial charge in [-0.05, 0) is 52.1 Å². The smallest absolute Gasteiger partial charge is 0.357 e. The zero-order chi connectivity index (χ0) is 28.6. The van der Waals surface area contributed by atoms with E-state index in [1.165, 1.54) is 11.3 Å². The number of carbonyl (C=O) groups excluding carboxylic acids is 3. The van der Waals surface area contributed by atoms with Crippen LogP contribution < -0.4 is 5.32 Å². The van der Waals surface area contributed by atoms with Gasteiger partial charge in [-0.2, -0.15) is 0 Å². The van der Waals surface area contributed by atoms with Crippen LogP contribution in [-0.4, -0.2) is 82.5 Å². The fourth-order valence-corrected chi connectivity index (χ4v) is 5.27. The maximum atomic E-state index is 13.8. The lowest BCUT2D eigenvalue weighted by Gasteiger charge is -2.38. The quantitative estimate of drug-likeness (QED) is 0.402. The molecule has 36 heavy (non-hydrogen) atoms. The molecule has 1 aliphatic rings. The summed E-state index contributed by atoms with van der Waals surface area (Å²) in [4.78, 5) is 46.8. The molecule has 0 unspecified atom stereocenters. The number of likely N-dealkylation sites (tertiary alicyclic amines) is 1. The lowest BCUT2D eigenvalue weighted by Crippen LogP contribution is -2.60. The van der Waals surface area contributed by atoms with E-state index >= 15 is 0 Å². The zero-order valence-corrected chi connectivity index (χ0v) is 23.3. The van der Waals surface area contributed by atoms with Gasteiger partial charge in [0.05, 0.1) is 12.1 Å². The lowest BCUT2D eigenvalue weighted by atomic mass is 9.91. The van der Waals surface area contributed by atoms with Crippen molar-refractivity contribution in [1.29, 1.82) is 0 Å². The van der Waals surface area contributed by atoms with Gasteiger partial charge < -0.3 is 20.1 Å². The first-order valence-electron chi connectivity index (χ1n) is 14.1. The number of nitrogens with zero attached hydrogens (tertiary/aromatic N) is 3. The summed E-state index contributed by atoms with van der Waals surface area (Å²) >= 11 is 1.17. The molecule has 10 heteroatoms. The largest absolute Gasteiger partial charge is 0.461 e.